The summed E-state index contributed by atoms with van der Waals surface area (Å²) in [5.41, 5.74) is 2.25. The zero-order valence-electron chi connectivity index (χ0n) is 20.3. The molecule has 8 atom stereocenters. The molecule has 0 aromatic rings. The van der Waals surface area contributed by atoms with Gasteiger partial charge in [-0.15, -0.1) is 0 Å². The maximum Gasteiger partial charge on any atom is 0.508 e. The number of fused-ring (bicyclic) bond motifs is 5. The summed E-state index contributed by atoms with van der Waals surface area (Å²) < 4.78 is 20.8. The van der Waals surface area contributed by atoms with Crippen molar-refractivity contribution < 1.29 is 33.3 Å². The van der Waals surface area contributed by atoms with Crippen molar-refractivity contribution in [2.24, 2.45) is 34.5 Å². The van der Waals surface area contributed by atoms with Crippen molar-refractivity contribution >= 4 is 18.6 Å². The molecule has 33 heavy (non-hydrogen) atoms. The fourth-order valence-electron chi connectivity index (χ4n) is 7.61. The van der Waals surface area contributed by atoms with Gasteiger partial charge < -0.3 is 23.7 Å². The van der Waals surface area contributed by atoms with E-state index >= 15 is 0 Å². The summed E-state index contributed by atoms with van der Waals surface area (Å²) >= 11 is 0. The lowest BCUT2D eigenvalue weighted by molar-refractivity contribution is -0.114. The largest absolute Gasteiger partial charge is 0.508 e. The Labute approximate surface area is 195 Å². The van der Waals surface area contributed by atoms with Crippen LogP contribution in [0, 0.1) is 34.5 Å². The first-order valence-corrected chi connectivity index (χ1v) is 12.0. The standard InChI is InChI=1S/C26H36O7/c1-15(14-27)19-8-9-20-18-7-6-16-12-17(32-23(28)30-4)13-22(33-24(29)31-5)26(16,3)21(18)10-11-25(19,20)2/h6-7,14-15,17,19-22H,8-13H2,1-5H3/t15?,17-,19-,20+,21+,22+,25-,26+/m1/s1. The molecule has 0 radical (unpaired) electrons. The van der Waals surface area contributed by atoms with E-state index < -0.39 is 29.9 Å². The van der Waals surface area contributed by atoms with Crippen LogP contribution in [0.3, 0.4) is 0 Å². The van der Waals surface area contributed by atoms with Gasteiger partial charge in [0.1, 0.15) is 18.5 Å². The minimum atomic E-state index is -0.734. The quantitative estimate of drug-likeness (QED) is 0.419. The van der Waals surface area contributed by atoms with E-state index in [9.17, 15) is 14.4 Å². The third-order valence-electron chi connectivity index (χ3n) is 9.36. The highest BCUT2D eigenvalue weighted by Gasteiger charge is 2.60. The number of methoxy groups -OCH3 is 2. The first kappa shape index (κ1) is 23.8. The Morgan fingerprint density at radius 1 is 1.03 bits per heavy atom. The van der Waals surface area contributed by atoms with Gasteiger partial charge in [-0.3, -0.25) is 0 Å². The molecule has 0 N–H and O–H groups in total. The van der Waals surface area contributed by atoms with E-state index in [0.717, 1.165) is 37.5 Å². The van der Waals surface area contributed by atoms with Crippen LogP contribution >= 0.6 is 0 Å². The van der Waals surface area contributed by atoms with Crippen molar-refractivity contribution in [2.45, 2.75) is 71.5 Å². The van der Waals surface area contributed by atoms with Crippen molar-refractivity contribution in [3.8, 4) is 0 Å². The predicted octanol–water partition coefficient (Wildman–Crippen LogP) is 5.23. The Bertz CT molecular complexity index is 876. The number of aldehydes is 1. The zero-order chi connectivity index (χ0) is 24.0. The Morgan fingerprint density at radius 3 is 2.39 bits per heavy atom. The topological polar surface area (TPSA) is 88.1 Å². The number of carbonyl (C=O) groups excluding carboxylic acids is 3. The fourth-order valence-corrected chi connectivity index (χ4v) is 7.61. The second-order valence-corrected chi connectivity index (χ2v) is 10.7. The van der Waals surface area contributed by atoms with Crippen LogP contribution < -0.4 is 0 Å². The molecule has 7 heteroatoms. The van der Waals surface area contributed by atoms with Crippen LogP contribution in [0.15, 0.2) is 23.3 Å². The summed E-state index contributed by atoms with van der Waals surface area (Å²) in [5.74, 6) is 1.10. The SMILES string of the molecule is COC(=O)O[C@@H]1CC2=CC=C3[C@@H]4CC[C@H](C(C)C=O)[C@@]4(C)CC[C@@H]3[C@@]2(C)[C@@H](OC(=O)OC)C1. The minimum Gasteiger partial charge on any atom is -0.438 e. The number of hydrogen-bond donors (Lipinski definition) is 0. The second kappa shape index (κ2) is 8.80. The second-order valence-electron chi connectivity index (χ2n) is 10.7. The predicted molar refractivity (Wildman–Crippen MR) is 120 cm³/mol. The summed E-state index contributed by atoms with van der Waals surface area (Å²) in [5, 5.41) is 0. The third kappa shape index (κ3) is 3.77. The number of carbonyl (C=O) groups is 3. The molecule has 182 valence electrons. The maximum atomic E-state index is 12.2. The van der Waals surface area contributed by atoms with Gasteiger partial charge in [-0.25, -0.2) is 9.59 Å². The molecule has 0 spiro atoms. The van der Waals surface area contributed by atoms with Crippen molar-refractivity contribution in [1.29, 1.82) is 0 Å². The lowest BCUT2D eigenvalue weighted by atomic mass is 9.49. The van der Waals surface area contributed by atoms with E-state index in [-0.39, 0.29) is 17.3 Å². The van der Waals surface area contributed by atoms with Gasteiger partial charge in [0.25, 0.3) is 0 Å². The van der Waals surface area contributed by atoms with E-state index in [1.807, 2.05) is 0 Å². The average Bonchev–Trinajstić information content (AvgIpc) is 3.16. The monoisotopic (exact) mass is 460 g/mol. The Hall–Kier alpha value is -2.31. The zero-order valence-corrected chi connectivity index (χ0v) is 20.3. The molecule has 7 nitrogen and oxygen atoms in total. The molecule has 4 aliphatic carbocycles. The highest BCUT2D eigenvalue weighted by atomic mass is 16.7. The van der Waals surface area contributed by atoms with E-state index in [0.29, 0.717) is 24.7 Å². The molecular weight excluding hydrogens is 424 g/mol. The molecule has 0 amide bonds. The smallest absolute Gasteiger partial charge is 0.438 e. The molecule has 0 saturated heterocycles. The van der Waals surface area contributed by atoms with Crippen LogP contribution in [-0.4, -0.2) is 45.0 Å². The number of allylic oxidation sites excluding steroid dienone is 3. The van der Waals surface area contributed by atoms with Gasteiger partial charge in [0.15, 0.2) is 0 Å². The van der Waals surface area contributed by atoms with Crippen LogP contribution in [0.4, 0.5) is 9.59 Å². The van der Waals surface area contributed by atoms with Crippen molar-refractivity contribution in [3.63, 3.8) is 0 Å². The van der Waals surface area contributed by atoms with E-state index in [4.69, 9.17) is 14.2 Å². The number of hydrogen-bond acceptors (Lipinski definition) is 7. The highest BCUT2D eigenvalue weighted by molar-refractivity contribution is 5.61. The molecule has 0 aliphatic heterocycles. The molecular formula is C26H36O7. The summed E-state index contributed by atoms with van der Waals surface area (Å²) in [6, 6.07) is 0. The van der Waals surface area contributed by atoms with Gasteiger partial charge in [-0.05, 0) is 48.9 Å². The van der Waals surface area contributed by atoms with Gasteiger partial charge in [0.2, 0.25) is 0 Å². The Morgan fingerprint density at radius 2 is 1.73 bits per heavy atom. The van der Waals surface area contributed by atoms with Crippen LogP contribution in [0.2, 0.25) is 0 Å². The summed E-state index contributed by atoms with van der Waals surface area (Å²) in [4.78, 5) is 35.6. The number of rotatable bonds is 4. The molecule has 1 unspecified atom stereocenters. The molecule has 4 aliphatic rings. The molecule has 0 bridgehead atoms. The number of ether oxygens (including phenoxy) is 4. The summed E-state index contributed by atoms with van der Waals surface area (Å²) in [7, 11) is 2.59. The molecule has 3 fully saturated rings. The van der Waals surface area contributed by atoms with Crippen molar-refractivity contribution in [1.82, 2.24) is 0 Å². The lowest BCUT2D eigenvalue weighted by Gasteiger charge is -2.56. The normalized spacial score (nSPS) is 40.1. The van der Waals surface area contributed by atoms with Gasteiger partial charge in [0.05, 0.1) is 14.2 Å². The molecule has 3 saturated carbocycles. The summed E-state index contributed by atoms with van der Waals surface area (Å²) in [6.07, 6.45) is 8.28. The molecule has 0 aromatic heterocycles. The van der Waals surface area contributed by atoms with E-state index in [1.165, 1.54) is 19.8 Å². The first-order chi connectivity index (χ1) is 15.7. The van der Waals surface area contributed by atoms with Gasteiger partial charge in [-0.2, -0.15) is 0 Å². The van der Waals surface area contributed by atoms with Crippen molar-refractivity contribution in [2.75, 3.05) is 14.2 Å². The Balaban J connectivity index is 1.69. The first-order valence-electron chi connectivity index (χ1n) is 12.0. The van der Waals surface area contributed by atoms with Crippen LogP contribution in [0.25, 0.3) is 0 Å². The van der Waals surface area contributed by atoms with Gasteiger partial charge in [-0.1, -0.05) is 44.1 Å². The highest BCUT2D eigenvalue weighted by Crippen LogP contribution is 2.66. The Kier molecular flexibility index (Phi) is 6.36. The molecule has 0 aromatic carbocycles. The van der Waals surface area contributed by atoms with E-state index in [2.05, 4.69) is 37.7 Å². The molecule has 0 heterocycles. The van der Waals surface area contributed by atoms with Crippen LogP contribution in [-0.2, 0) is 23.7 Å². The van der Waals surface area contributed by atoms with E-state index in [1.54, 1.807) is 0 Å². The maximum absolute atomic E-state index is 12.2. The lowest BCUT2D eigenvalue weighted by Crippen LogP contribution is -2.54. The average molecular weight is 461 g/mol. The van der Waals surface area contributed by atoms with Crippen molar-refractivity contribution in [3.05, 3.63) is 23.3 Å². The summed E-state index contributed by atoms with van der Waals surface area (Å²) in [6.45, 7) is 6.59. The van der Waals surface area contributed by atoms with Gasteiger partial charge >= 0.3 is 12.3 Å². The minimum absolute atomic E-state index is 0.0590. The third-order valence-corrected chi connectivity index (χ3v) is 9.36. The van der Waals surface area contributed by atoms with Gasteiger partial charge in [0, 0.05) is 24.2 Å². The fraction of sp³-hybridized carbons (Fsp3) is 0.731. The van der Waals surface area contributed by atoms with Crippen LogP contribution in [0.5, 0.6) is 0 Å². The molecule has 4 rings (SSSR count). The van der Waals surface area contributed by atoms with Crippen LogP contribution in [0.1, 0.15) is 59.3 Å².